The summed E-state index contributed by atoms with van der Waals surface area (Å²) in [7, 11) is 0. The third-order valence-electron chi connectivity index (χ3n) is 7.18. The molecule has 0 unspecified atom stereocenters. The number of carbonyl (C=O) groups is 1. The van der Waals surface area contributed by atoms with Gasteiger partial charge in [-0.15, -0.1) is 0 Å². The Morgan fingerprint density at radius 3 is 2.38 bits per heavy atom. The first-order valence-electron chi connectivity index (χ1n) is 12.6. The summed E-state index contributed by atoms with van der Waals surface area (Å²) in [6.07, 6.45) is 7.11. The smallest absolute Gasteiger partial charge is 0.224 e. The lowest BCUT2D eigenvalue weighted by Crippen LogP contribution is -2.28. The van der Waals surface area contributed by atoms with E-state index in [1.165, 1.54) is 0 Å². The zero-order valence-corrected chi connectivity index (χ0v) is 20.4. The number of benzene rings is 1. The van der Waals surface area contributed by atoms with E-state index in [-0.39, 0.29) is 29.7 Å². The Bertz CT molecular complexity index is 1250. The summed E-state index contributed by atoms with van der Waals surface area (Å²) in [6, 6.07) is 1.42. The van der Waals surface area contributed by atoms with E-state index in [9.17, 15) is 18.0 Å². The second kappa shape index (κ2) is 10.9. The fourth-order valence-corrected chi connectivity index (χ4v) is 5.22. The quantitative estimate of drug-likeness (QED) is 0.408. The number of imidazole rings is 1. The standard InChI is InChI=1S/C25H30F3N7O2/c26-16-10-18(27)22(19(28)11-16)33-25-32-20-12-30-24(31-17-5-7-37-8-6-17)34-23(20)35(25)13-15-3-1-14(2-4-15)9-21(29)36/h10-12,14-15,17H,1-9,13H2,(H2,29,36)(H,32,33)(H,30,31,34). The highest BCUT2D eigenvalue weighted by molar-refractivity contribution is 5.76. The average Bonchev–Trinajstić information content (AvgIpc) is 3.19. The number of rotatable bonds is 8. The van der Waals surface area contributed by atoms with Gasteiger partial charge in [-0.2, -0.15) is 4.98 Å². The van der Waals surface area contributed by atoms with Crippen molar-refractivity contribution in [2.24, 2.45) is 17.6 Å². The molecule has 4 N–H and O–H groups in total. The van der Waals surface area contributed by atoms with Gasteiger partial charge in [-0.3, -0.25) is 9.36 Å². The Morgan fingerprint density at radius 1 is 1.03 bits per heavy atom. The molecule has 0 bridgehead atoms. The van der Waals surface area contributed by atoms with Crippen molar-refractivity contribution in [1.29, 1.82) is 0 Å². The number of anilines is 3. The molecule has 1 aliphatic heterocycles. The number of hydrogen-bond donors (Lipinski definition) is 3. The van der Waals surface area contributed by atoms with Gasteiger partial charge in [0.1, 0.15) is 17.0 Å². The molecule has 2 aliphatic rings. The molecule has 1 aliphatic carbocycles. The first kappa shape index (κ1) is 25.2. The van der Waals surface area contributed by atoms with Gasteiger partial charge in [0.25, 0.3) is 0 Å². The number of primary amides is 1. The Labute approximate surface area is 212 Å². The molecule has 1 aromatic carbocycles. The van der Waals surface area contributed by atoms with Crippen LogP contribution in [0.5, 0.6) is 0 Å². The number of fused-ring (bicyclic) bond motifs is 1. The van der Waals surface area contributed by atoms with Gasteiger partial charge in [-0.1, -0.05) is 0 Å². The number of nitrogens with one attached hydrogen (secondary N) is 2. The van der Waals surface area contributed by atoms with E-state index < -0.39 is 23.1 Å². The second-order valence-electron chi connectivity index (χ2n) is 9.91. The molecule has 9 nitrogen and oxygen atoms in total. The molecule has 2 fully saturated rings. The van der Waals surface area contributed by atoms with Crippen LogP contribution in [0, 0.1) is 29.3 Å². The largest absolute Gasteiger partial charge is 0.381 e. The van der Waals surface area contributed by atoms with Crippen molar-refractivity contribution >= 4 is 34.7 Å². The van der Waals surface area contributed by atoms with E-state index in [2.05, 4.69) is 20.6 Å². The van der Waals surface area contributed by atoms with Gasteiger partial charge in [0.2, 0.25) is 17.8 Å². The zero-order valence-electron chi connectivity index (χ0n) is 20.4. The average molecular weight is 518 g/mol. The SMILES string of the molecule is NC(=O)CC1CCC(Cn2c(Nc3c(F)cc(F)cc3F)nc3cnc(NC4CCOCC4)nc32)CC1. The van der Waals surface area contributed by atoms with Crippen LogP contribution < -0.4 is 16.4 Å². The summed E-state index contributed by atoms with van der Waals surface area (Å²) in [4.78, 5) is 24.9. The minimum Gasteiger partial charge on any atom is -0.381 e. The first-order chi connectivity index (χ1) is 17.9. The van der Waals surface area contributed by atoms with E-state index in [1.54, 1.807) is 10.8 Å². The molecule has 3 aromatic rings. The molecule has 3 heterocycles. The van der Waals surface area contributed by atoms with E-state index >= 15 is 0 Å². The topological polar surface area (TPSA) is 120 Å². The Balaban J connectivity index is 1.44. The fraction of sp³-hybridized carbons (Fsp3) is 0.520. The summed E-state index contributed by atoms with van der Waals surface area (Å²) >= 11 is 0. The Morgan fingerprint density at radius 2 is 1.70 bits per heavy atom. The van der Waals surface area contributed by atoms with Gasteiger partial charge >= 0.3 is 0 Å². The van der Waals surface area contributed by atoms with Crippen molar-refractivity contribution in [1.82, 2.24) is 19.5 Å². The molecule has 1 amide bonds. The van der Waals surface area contributed by atoms with Gasteiger partial charge in [-0.25, -0.2) is 23.1 Å². The summed E-state index contributed by atoms with van der Waals surface area (Å²) in [5.74, 6) is -2.27. The first-order valence-corrected chi connectivity index (χ1v) is 12.6. The fourth-order valence-electron chi connectivity index (χ4n) is 5.22. The van der Waals surface area contributed by atoms with Crippen LogP contribution in [0.4, 0.5) is 30.8 Å². The lowest BCUT2D eigenvalue weighted by molar-refractivity contribution is -0.119. The second-order valence-corrected chi connectivity index (χ2v) is 9.91. The van der Waals surface area contributed by atoms with E-state index in [0.29, 0.717) is 55.4 Å². The Hall–Kier alpha value is -3.41. The number of carbonyl (C=O) groups excluding carboxylic acids is 1. The zero-order chi connectivity index (χ0) is 25.9. The van der Waals surface area contributed by atoms with Crippen LogP contribution >= 0.6 is 0 Å². The van der Waals surface area contributed by atoms with Crippen molar-refractivity contribution in [3.05, 3.63) is 35.8 Å². The van der Waals surface area contributed by atoms with Crippen LogP contribution in [-0.4, -0.2) is 44.7 Å². The third kappa shape index (κ3) is 5.95. The van der Waals surface area contributed by atoms with Gasteiger partial charge < -0.3 is 21.1 Å². The molecule has 5 rings (SSSR count). The third-order valence-corrected chi connectivity index (χ3v) is 7.18. The molecule has 1 saturated carbocycles. The van der Waals surface area contributed by atoms with Crippen molar-refractivity contribution in [2.45, 2.75) is 57.5 Å². The van der Waals surface area contributed by atoms with Crippen LogP contribution in [0.3, 0.4) is 0 Å². The predicted molar refractivity (Wildman–Crippen MR) is 132 cm³/mol. The Kier molecular flexibility index (Phi) is 7.45. The highest BCUT2D eigenvalue weighted by atomic mass is 19.1. The molecular weight excluding hydrogens is 487 g/mol. The number of hydrogen-bond acceptors (Lipinski definition) is 7. The molecule has 198 valence electrons. The molecule has 2 aromatic heterocycles. The molecule has 0 atom stereocenters. The van der Waals surface area contributed by atoms with Crippen LogP contribution in [0.15, 0.2) is 18.3 Å². The van der Waals surface area contributed by atoms with Gasteiger partial charge in [0, 0.05) is 44.4 Å². The monoisotopic (exact) mass is 517 g/mol. The van der Waals surface area contributed by atoms with E-state index in [1.807, 2.05) is 0 Å². The number of aromatic nitrogens is 4. The lowest BCUT2D eigenvalue weighted by Gasteiger charge is -2.28. The molecule has 0 spiro atoms. The number of ether oxygens (including phenoxy) is 1. The van der Waals surface area contributed by atoms with Crippen molar-refractivity contribution in [2.75, 3.05) is 23.8 Å². The maximum atomic E-state index is 14.4. The van der Waals surface area contributed by atoms with Gasteiger partial charge in [0.05, 0.1) is 6.20 Å². The summed E-state index contributed by atoms with van der Waals surface area (Å²) in [6.45, 7) is 1.83. The van der Waals surface area contributed by atoms with Crippen LogP contribution in [-0.2, 0) is 16.1 Å². The molecule has 12 heteroatoms. The van der Waals surface area contributed by atoms with Crippen molar-refractivity contribution in [3.63, 3.8) is 0 Å². The van der Waals surface area contributed by atoms with Crippen molar-refractivity contribution < 1.29 is 22.7 Å². The van der Waals surface area contributed by atoms with Gasteiger partial charge in [-0.05, 0) is 50.4 Å². The van der Waals surface area contributed by atoms with Crippen LogP contribution in [0.1, 0.15) is 44.9 Å². The predicted octanol–water partition coefficient (Wildman–Crippen LogP) is 4.26. The summed E-state index contributed by atoms with van der Waals surface area (Å²) in [5, 5.41) is 6.06. The van der Waals surface area contributed by atoms with E-state index in [0.717, 1.165) is 38.5 Å². The maximum Gasteiger partial charge on any atom is 0.224 e. The van der Waals surface area contributed by atoms with Crippen molar-refractivity contribution in [3.8, 4) is 0 Å². The molecule has 1 saturated heterocycles. The number of nitrogens with two attached hydrogens (primary N) is 1. The van der Waals surface area contributed by atoms with Crippen LogP contribution in [0.2, 0.25) is 0 Å². The van der Waals surface area contributed by atoms with E-state index in [4.69, 9.17) is 15.5 Å². The van der Waals surface area contributed by atoms with Crippen LogP contribution in [0.25, 0.3) is 11.2 Å². The summed E-state index contributed by atoms with van der Waals surface area (Å²) in [5.41, 5.74) is 5.86. The number of amides is 1. The molecule has 37 heavy (non-hydrogen) atoms. The minimum absolute atomic E-state index is 0.183. The minimum atomic E-state index is -1.06. The molecular formula is C25H30F3N7O2. The number of halogens is 3. The molecule has 0 radical (unpaired) electrons. The normalized spacial score (nSPS) is 20.7. The van der Waals surface area contributed by atoms with Gasteiger partial charge in [0.15, 0.2) is 17.3 Å². The highest BCUT2D eigenvalue weighted by Crippen LogP contribution is 2.34. The summed E-state index contributed by atoms with van der Waals surface area (Å²) < 4.78 is 49.6. The number of nitrogens with zero attached hydrogens (tertiary/aromatic N) is 4. The maximum absolute atomic E-state index is 14.4. The lowest BCUT2D eigenvalue weighted by atomic mass is 9.80. The highest BCUT2D eigenvalue weighted by Gasteiger charge is 2.26.